The van der Waals surface area contributed by atoms with Crippen molar-refractivity contribution >= 4 is 70.5 Å². The van der Waals surface area contributed by atoms with Crippen molar-refractivity contribution in [1.29, 1.82) is 0 Å². The molecule has 0 saturated carbocycles. The highest BCUT2D eigenvalue weighted by atomic mass is 32.1. The van der Waals surface area contributed by atoms with Crippen LogP contribution in [0.1, 0.15) is 103 Å². The molecule has 7 aromatic carbocycles. The molecule has 2 nitrogen and oxygen atoms in total. The average Bonchev–Trinajstić information content (AvgIpc) is 3.89. The van der Waals surface area contributed by atoms with Crippen LogP contribution in [0.3, 0.4) is 0 Å². The molecule has 2 aromatic heterocycles. The van der Waals surface area contributed by atoms with Crippen molar-refractivity contribution in [1.82, 2.24) is 0 Å². The van der Waals surface area contributed by atoms with Gasteiger partial charge in [-0.25, -0.2) is 0 Å². The maximum atomic E-state index is 6.59. The number of para-hydroxylation sites is 1. The van der Waals surface area contributed by atoms with Crippen molar-refractivity contribution < 1.29 is 4.42 Å². The Morgan fingerprint density at radius 2 is 1.17 bits per heavy atom. The van der Waals surface area contributed by atoms with Gasteiger partial charge >= 0.3 is 0 Å². The summed E-state index contributed by atoms with van der Waals surface area (Å²) in [6.07, 6.45) is 0. The van der Waals surface area contributed by atoms with Crippen molar-refractivity contribution in [3.63, 3.8) is 0 Å². The predicted molar refractivity (Wildman–Crippen MR) is 254 cm³/mol. The third kappa shape index (κ3) is 5.10. The molecule has 2 aliphatic rings. The quantitative estimate of drug-likeness (QED) is 0.177. The minimum atomic E-state index is -0.201. The van der Waals surface area contributed by atoms with Crippen LogP contribution in [0.15, 0.2) is 132 Å². The summed E-state index contributed by atoms with van der Waals surface area (Å²) in [4.78, 5) is 2.52. The Bertz CT molecular complexity index is 3240. The number of anilines is 3. The zero-order valence-corrected chi connectivity index (χ0v) is 36.7. The molecule has 0 N–H and O–H groups in total. The van der Waals surface area contributed by atoms with Gasteiger partial charge in [-0.15, -0.1) is 11.3 Å². The van der Waals surface area contributed by atoms with Crippen LogP contribution in [-0.4, -0.2) is 0 Å². The van der Waals surface area contributed by atoms with Crippen molar-refractivity contribution in [2.45, 2.75) is 90.9 Å². The van der Waals surface area contributed by atoms with E-state index in [1.54, 1.807) is 0 Å². The first kappa shape index (κ1) is 36.4. The van der Waals surface area contributed by atoms with Gasteiger partial charge in [0, 0.05) is 64.8 Å². The maximum Gasteiger partial charge on any atom is 0.137 e. The molecule has 0 unspecified atom stereocenters. The van der Waals surface area contributed by atoms with E-state index in [0.29, 0.717) is 0 Å². The van der Waals surface area contributed by atoms with Gasteiger partial charge < -0.3 is 9.32 Å². The molecule has 0 aliphatic heterocycles. The molecule has 2 heterocycles. The molecule has 11 rings (SSSR count). The molecule has 292 valence electrons. The van der Waals surface area contributed by atoms with Crippen molar-refractivity contribution in [2.75, 3.05) is 4.90 Å². The normalized spacial score (nSPS) is 15.2. The van der Waals surface area contributed by atoms with E-state index in [1.165, 1.54) is 81.5 Å². The standard InChI is InChI=1S/C56H51NOS/c1-53(2,3)32-28-39-49-48(59-52(39)44(29-32)54(4,5)6)27-26-42-51(49)50-41(56(42,9)10)19-15-20-45(50)57(34-23-25-38-37-17-12-14-21-46(37)58-47(38)31-34)33-22-24-36-35-16-11-13-18-40(35)55(7,8)43(36)30-33/h11-31H,1-10H3. The van der Waals surface area contributed by atoms with Gasteiger partial charge in [-0.2, -0.15) is 0 Å². The van der Waals surface area contributed by atoms with Crippen LogP contribution < -0.4 is 4.90 Å². The maximum absolute atomic E-state index is 6.59. The fourth-order valence-electron chi connectivity index (χ4n) is 10.5. The lowest BCUT2D eigenvalue weighted by atomic mass is 9.79. The molecular formula is C56H51NOS. The molecule has 9 aromatic rings. The number of fused-ring (bicyclic) bond motifs is 13. The molecule has 0 amide bonds. The topological polar surface area (TPSA) is 16.4 Å². The molecule has 0 fully saturated rings. The van der Waals surface area contributed by atoms with E-state index < -0.39 is 0 Å². The zero-order valence-electron chi connectivity index (χ0n) is 35.9. The fraction of sp³-hybridized carbons (Fsp3) is 0.250. The highest BCUT2D eigenvalue weighted by Gasteiger charge is 2.41. The second-order valence-corrected chi connectivity index (χ2v) is 21.3. The number of benzene rings is 7. The van der Waals surface area contributed by atoms with Gasteiger partial charge in [0.25, 0.3) is 0 Å². The van der Waals surface area contributed by atoms with E-state index in [0.717, 1.165) is 33.3 Å². The lowest BCUT2D eigenvalue weighted by Gasteiger charge is -2.30. The van der Waals surface area contributed by atoms with Gasteiger partial charge in [0.2, 0.25) is 0 Å². The van der Waals surface area contributed by atoms with Gasteiger partial charge in [-0.05, 0) is 109 Å². The van der Waals surface area contributed by atoms with Crippen molar-refractivity contribution in [3.8, 4) is 22.3 Å². The molecule has 0 bridgehead atoms. The van der Waals surface area contributed by atoms with Crippen molar-refractivity contribution in [3.05, 3.63) is 161 Å². The number of rotatable bonds is 3. The largest absolute Gasteiger partial charge is 0.456 e. The number of hydrogen-bond donors (Lipinski definition) is 0. The molecular weight excluding hydrogens is 735 g/mol. The fourth-order valence-corrected chi connectivity index (χ4v) is 11.9. The number of hydrogen-bond acceptors (Lipinski definition) is 3. The SMILES string of the molecule is CC(C)(C)c1cc(C(C)(C)C)c2sc3ccc4c(c3c2c1)-c1c(N(c2ccc3c(c2)C(C)(C)c2ccccc2-3)c2ccc3c(c2)oc2ccccc23)cccc1C4(C)C. The Labute approximate surface area is 352 Å². The first-order chi connectivity index (χ1) is 28.0. The minimum absolute atomic E-state index is 0.000992. The summed E-state index contributed by atoms with van der Waals surface area (Å²) >= 11 is 1.97. The van der Waals surface area contributed by atoms with E-state index >= 15 is 0 Å². The summed E-state index contributed by atoms with van der Waals surface area (Å²) in [6.45, 7) is 23.7. The van der Waals surface area contributed by atoms with E-state index in [2.05, 4.69) is 202 Å². The summed E-state index contributed by atoms with van der Waals surface area (Å²) in [7, 11) is 0. The van der Waals surface area contributed by atoms with Crippen LogP contribution in [0.5, 0.6) is 0 Å². The predicted octanol–water partition coefficient (Wildman–Crippen LogP) is 16.6. The second kappa shape index (κ2) is 12.0. The summed E-state index contributed by atoms with van der Waals surface area (Å²) in [5.41, 5.74) is 18.6. The second-order valence-electron chi connectivity index (χ2n) is 20.2. The van der Waals surface area contributed by atoms with Crippen molar-refractivity contribution in [2.24, 2.45) is 0 Å². The summed E-state index contributed by atoms with van der Waals surface area (Å²) in [6, 6.07) is 48.1. The Kier molecular flexibility index (Phi) is 7.40. The van der Waals surface area contributed by atoms with Gasteiger partial charge in [-0.3, -0.25) is 0 Å². The lowest BCUT2D eigenvalue weighted by molar-refractivity contribution is 0.573. The van der Waals surface area contributed by atoms with E-state index in [-0.39, 0.29) is 21.7 Å². The van der Waals surface area contributed by atoms with Crippen LogP contribution >= 0.6 is 11.3 Å². The molecule has 0 spiro atoms. The molecule has 0 radical (unpaired) electrons. The highest BCUT2D eigenvalue weighted by Crippen LogP contribution is 2.59. The first-order valence-corrected chi connectivity index (χ1v) is 22.0. The van der Waals surface area contributed by atoms with Crippen LogP contribution in [0.25, 0.3) is 64.4 Å². The molecule has 0 atom stereocenters. The van der Waals surface area contributed by atoms with Crippen LogP contribution in [-0.2, 0) is 21.7 Å². The molecule has 2 aliphatic carbocycles. The Morgan fingerprint density at radius 1 is 0.508 bits per heavy atom. The number of thiophene rings is 1. The first-order valence-electron chi connectivity index (χ1n) is 21.2. The van der Waals surface area contributed by atoms with Crippen LogP contribution in [0, 0.1) is 0 Å². The van der Waals surface area contributed by atoms with Gasteiger partial charge in [0.15, 0.2) is 0 Å². The highest BCUT2D eigenvalue weighted by molar-refractivity contribution is 7.26. The Morgan fingerprint density at radius 3 is 1.97 bits per heavy atom. The monoisotopic (exact) mass is 785 g/mol. The van der Waals surface area contributed by atoms with E-state index in [4.69, 9.17) is 4.42 Å². The van der Waals surface area contributed by atoms with Gasteiger partial charge in [0.05, 0.1) is 5.69 Å². The third-order valence-electron chi connectivity index (χ3n) is 13.7. The zero-order chi connectivity index (χ0) is 41.0. The van der Waals surface area contributed by atoms with Crippen LogP contribution in [0.2, 0.25) is 0 Å². The summed E-state index contributed by atoms with van der Waals surface area (Å²) in [5.74, 6) is 0. The number of furan rings is 1. The Hall–Kier alpha value is -5.64. The number of nitrogens with zero attached hydrogens (tertiary/aromatic N) is 1. The molecule has 0 saturated heterocycles. The molecule has 3 heteroatoms. The molecule has 59 heavy (non-hydrogen) atoms. The Balaban J connectivity index is 1.23. The minimum Gasteiger partial charge on any atom is -0.456 e. The summed E-state index contributed by atoms with van der Waals surface area (Å²) in [5, 5.41) is 5.04. The van der Waals surface area contributed by atoms with Crippen LogP contribution in [0.4, 0.5) is 17.1 Å². The average molecular weight is 786 g/mol. The summed E-state index contributed by atoms with van der Waals surface area (Å²) < 4.78 is 9.35. The van der Waals surface area contributed by atoms with Gasteiger partial charge in [-0.1, -0.05) is 142 Å². The lowest BCUT2D eigenvalue weighted by Crippen LogP contribution is -2.17. The van der Waals surface area contributed by atoms with E-state index in [1.807, 2.05) is 11.3 Å². The van der Waals surface area contributed by atoms with E-state index in [9.17, 15) is 0 Å². The van der Waals surface area contributed by atoms with Gasteiger partial charge in [0.1, 0.15) is 11.2 Å². The third-order valence-corrected chi connectivity index (χ3v) is 14.9. The smallest absolute Gasteiger partial charge is 0.137 e.